The molecule has 5 rings (SSSR count). The van der Waals surface area contributed by atoms with Crippen molar-refractivity contribution >= 4 is 50.4 Å². The minimum atomic E-state index is -0.315. The highest BCUT2D eigenvalue weighted by Crippen LogP contribution is 2.29. The molecule has 0 atom stereocenters. The van der Waals surface area contributed by atoms with Gasteiger partial charge in [-0.3, -0.25) is 10.2 Å². The summed E-state index contributed by atoms with van der Waals surface area (Å²) in [6, 6.07) is 18.9. The maximum atomic E-state index is 13.6. The number of carbonyl (C=O) groups excluding carboxylic acids is 1. The van der Waals surface area contributed by atoms with Crippen LogP contribution in [0.2, 0.25) is 5.02 Å². The number of carbonyl (C=O) groups is 1. The van der Waals surface area contributed by atoms with Crippen molar-refractivity contribution in [2.75, 3.05) is 17.6 Å². The fourth-order valence-electron chi connectivity index (χ4n) is 4.11. The molecule has 0 spiro atoms. The number of benzene rings is 3. The first-order chi connectivity index (χ1) is 17.8. The van der Waals surface area contributed by atoms with Gasteiger partial charge in [0, 0.05) is 23.7 Å². The lowest BCUT2D eigenvalue weighted by Gasteiger charge is -2.11. The van der Waals surface area contributed by atoms with E-state index in [1.165, 1.54) is 23.5 Å². The Bertz CT molecular complexity index is 1650. The molecule has 10 heteroatoms. The molecule has 0 bridgehead atoms. The number of aryl methyl sites for hydroxylation is 2. The fourth-order valence-corrected chi connectivity index (χ4v) is 5.19. The van der Waals surface area contributed by atoms with Crippen molar-refractivity contribution in [2.45, 2.75) is 19.9 Å². The molecule has 0 saturated heterocycles. The number of hydrogen-bond donors (Lipinski definition) is 3. The lowest BCUT2D eigenvalue weighted by atomic mass is 10.1. The summed E-state index contributed by atoms with van der Waals surface area (Å²) >= 11 is 7.31. The van der Waals surface area contributed by atoms with E-state index in [9.17, 15) is 9.18 Å². The SMILES string of the molecule is Cc1ccc(C(=O)c2nn(-c3ccc(Cl)cc3)c(NCCCn3c(=N)sc4cc(F)ccc43)c2N)cc1. The van der Waals surface area contributed by atoms with Gasteiger partial charge in [-0.15, -0.1) is 0 Å². The maximum Gasteiger partial charge on any atom is 0.215 e. The highest BCUT2D eigenvalue weighted by molar-refractivity contribution is 7.16. The molecule has 0 radical (unpaired) electrons. The van der Waals surface area contributed by atoms with Gasteiger partial charge in [-0.2, -0.15) is 5.10 Å². The van der Waals surface area contributed by atoms with Crippen LogP contribution >= 0.6 is 22.9 Å². The number of hydrogen-bond acceptors (Lipinski definition) is 6. The van der Waals surface area contributed by atoms with Gasteiger partial charge >= 0.3 is 0 Å². The minimum absolute atomic E-state index is 0.162. The Morgan fingerprint density at radius 2 is 1.86 bits per heavy atom. The third kappa shape index (κ3) is 5.00. The standard InChI is InChI=1S/C27H24ClFN6OS/c1-16-3-5-17(6-4-16)25(36)24-23(30)26(35(33-24)20-10-7-18(28)8-11-20)32-13-2-14-34-21-12-9-19(29)15-22(21)37-27(34)31/h3-12,15,31-32H,2,13-14,30H2,1H3. The fraction of sp³-hybridized carbons (Fsp3) is 0.148. The number of nitrogens with one attached hydrogen (secondary N) is 2. The number of rotatable bonds is 8. The van der Waals surface area contributed by atoms with E-state index in [0.717, 1.165) is 15.8 Å². The van der Waals surface area contributed by atoms with Gasteiger partial charge in [0.2, 0.25) is 5.78 Å². The van der Waals surface area contributed by atoms with Gasteiger partial charge in [-0.25, -0.2) is 9.07 Å². The van der Waals surface area contributed by atoms with E-state index in [2.05, 4.69) is 10.4 Å². The summed E-state index contributed by atoms with van der Waals surface area (Å²) in [4.78, 5) is 13.6. The Hall–Kier alpha value is -3.95. The van der Waals surface area contributed by atoms with Gasteiger partial charge in [0.1, 0.15) is 11.5 Å². The number of nitrogens with two attached hydrogens (primary N) is 1. The molecular formula is C27H24ClFN6OS. The van der Waals surface area contributed by atoms with Crippen molar-refractivity contribution in [3.05, 3.63) is 99.2 Å². The van der Waals surface area contributed by atoms with Crippen LogP contribution in [0.3, 0.4) is 0 Å². The zero-order chi connectivity index (χ0) is 26.1. The molecule has 0 unspecified atom stereocenters. The molecule has 0 aliphatic carbocycles. The van der Waals surface area contributed by atoms with Crippen LogP contribution in [0.15, 0.2) is 66.7 Å². The Balaban J connectivity index is 1.40. The van der Waals surface area contributed by atoms with Crippen LogP contribution in [0.25, 0.3) is 15.9 Å². The number of thiazole rings is 1. The molecule has 0 fully saturated rings. The lowest BCUT2D eigenvalue weighted by molar-refractivity contribution is 0.103. The average molecular weight is 535 g/mol. The van der Waals surface area contributed by atoms with Crippen molar-refractivity contribution in [1.29, 1.82) is 5.41 Å². The van der Waals surface area contributed by atoms with Crippen LogP contribution < -0.4 is 15.9 Å². The highest BCUT2D eigenvalue weighted by atomic mass is 35.5. The Labute approximate surface area is 221 Å². The summed E-state index contributed by atoms with van der Waals surface area (Å²) in [7, 11) is 0. The number of anilines is 2. The molecule has 2 heterocycles. The summed E-state index contributed by atoms with van der Waals surface area (Å²) < 4.78 is 17.8. The summed E-state index contributed by atoms with van der Waals surface area (Å²) in [5, 5.41) is 16.7. The summed E-state index contributed by atoms with van der Waals surface area (Å²) in [5.41, 5.74) is 9.97. The molecule has 0 aliphatic rings. The van der Waals surface area contributed by atoms with Crippen molar-refractivity contribution in [3.63, 3.8) is 0 Å². The normalized spacial score (nSPS) is 11.2. The summed E-state index contributed by atoms with van der Waals surface area (Å²) in [6.07, 6.45) is 0.659. The van der Waals surface area contributed by atoms with Crippen molar-refractivity contribution in [2.24, 2.45) is 0 Å². The van der Waals surface area contributed by atoms with E-state index in [1.54, 1.807) is 47.1 Å². The first-order valence-electron chi connectivity index (χ1n) is 11.6. The third-order valence-corrected chi connectivity index (χ3v) is 7.25. The zero-order valence-corrected chi connectivity index (χ0v) is 21.5. The number of aromatic nitrogens is 3. The van der Waals surface area contributed by atoms with E-state index in [0.29, 0.717) is 46.4 Å². The monoisotopic (exact) mass is 534 g/mol. The number of nitrogen functional groups attached to an aromatic ring is 1. The second-order valence-corrected chi connectivity index (χ2v) is 10.1. The van der Waals surface area contributed by atoms with Crippen LogP contribution in [0, 0.1) is 18.2 Å². The molecule has 188 valence electrons. The third-order valence-electron chi connectivity index (χ3n) is 6.04. The quantitative estimate of drug-likeness (QED) is 0.173. The van der Waals surface area contributed by atoms with E-state index in [1.807, 2.05) is 23.6 Å². The number of halogens is 2. The smallest absolute Gasteiger partial charge is 0.215 e. The molecule has 0 amide bonds. The Kier molecular flexibility index (Phi) is 6.82. The highest BCUT2D eigenvalue weighted by Gasteiger charge is 2.23. The van der Waals surface area contributed by atoms with E-state index >= 15 is 0 Å². The van der Waals surface area contributed by atoms with Crippen LogP contribution in [0.4, 0.5) is 15.9 Å². The first-order valence-corrected chi connectivity index (χ1v) is 12.8. The molecule has 0 saturated carbocycles. The molecule has 3 aromatic carbocycles. The summed E-state index contributed by atoms with van der Waals surface area (Å²) in [6.45, 7) is 3.02. The van der Waals surface area contributed by atoms with Crippen LogP contribution in [-0.4, -0.2) is 26.7 Å². The lowest BCUT2D eigenvalue weighted by Crippen LogP contribution is -2.16. The van der Waals surface area contributed by atoms with Gasteiger partial charge in [0.25, 0.3) is 0 Å². The predicted molar refractivity (Wildman–Crippen MR) is 146 cm³/mol. The summed E-state index contributed by atoms with van der Waals surface area (Å²) in [5.74, 6) is -0.0738. The van der Waals surface area contributed by atoms with Crippen molar-refractivity contribution in [1.82, 2.24) is 14.3 Å². The Morgan fingerprint density at radius 3 is 2.59 bits per heavy atom. The number of fused-ring (bicyclic) bond motifs is 1. The van der Waals surface area contributed by atoms with E-state index < -0.39 is 0 Å². The number of ketones is 1. The minimum Gasteiger partial charge on any atom is -0.394 e. The van der Waals surface area contributed by atoms with Gasteiger partial charge in [0.05, 0.1) is 15.9 Å². The van der Waals surface area contributed by atoms with Gasteiger partial charge in [-0.05, 0) is 55.8 Å². The second kappa shape index (κ2) is 10.2. The maximum absolute atomic E-state index is 13.6. The molecule has 0 aliphatic heterocycles. The molecular weight excluding hydrogens is 511 g/mol. The predicted octanol–water partition coefficient (Wildman–Crippen LogP) is 5.78. The largest absolute Gasteiger partial charge is 0.394 e. The van der Waals surface area contributed by atoms with Crippen molar-refractivity contribution < 1.29 is 9.18 Å². The molecule has 37 heavy (non-hydrogen) atoms. The first kappa shape index (κ1) is 24.7. The van der Waals surface area contributed by atoms with E-state index in [-0.39, 0.29) is 23.0 Å². The van der Waals surface area contributed by atoms with Crippen LogP contribution in [0.5, 0.6) is 0 Å². The van der Waals surface area contributed by atoms with Crippen LogP contribution in [0.1, 0.15) is 28.0 Å². The second-order valence-electron chi connectivity index (χ2n) is 8.65. The molecule has 5 aromatic rings. The van der Waals surface area contributed by atoms with Gasteiger partial charge in [0.15, 0.2) is 16.3 Å². The topological polar surface area (TPSA) is 102 Å². The van der Waals surface area contributed by atoms with Crippen LogP contribution in [-0.2, 0) is 6.54 Å². The molecule has 7 nitrogen and oxygen atoms in total. The molecule has 4 N–H and O–H groups in total. The van der Waals surface area contributed by atoms with Gasteiger partial charge in [-0.1, -0.05) is 52.8 Å². The van der Waals surface area contributed by atoms with Crippen molar-refractivity contribution in [3.8, 4) is 5.69 Å². The average Bonchev–Trinajstić information content (AvgIpc) is 3.37. The van der Waals surface area contributed by atoms with E-state index in [4.69, 9.17) is 22.7 Å². The van der Waals surface area contributed by atoms with Gasteiger partial charge < -0.3 is 15.6 Å². The number of nitrogens with zero attached hydrogens (tertiary/aromatic N) is 3. The zero-order valence-electron chi connectivity index (χ0n) is 20.0. The molecule has 2 aromatic heterocycles. The Morgan fingerprint density at radius 1 is 1.14 bits per heavy atom.